The Hall–Kier alpha value is -0.0200. The summed E-state index contributed by atoms with van der Waals surface area (Å²) in [4.78, 5) is 4.35. The highest BCUT2D eigenvalue weighted by Crippen LogP contribution is 2.15. The van der Waals surface area contributed by atoms with Crippen molar-refractivity contribution in [2.24, 2.45) is 0 Å². The van der Waals surface area contributed by atoms with Gasteiger partial charge in [-0.25, -0.2) is 4.98 Å². The molecular weight excluding hydrogens is 162 g/mol. The van der Waals surface area contributed by atoms with Crippen LogP contribution in [0.25, 0.3) is 0 Å². The van der Waals surface area contributed by atoms with Crippen molar-refractivity contribution in [2.75, 3.05) is 5.75 Å². The minimum atomic E-state index is 1.08. The molecular formula is C7H11NS2. The van der Waals surface area contributed by atoms with Gasteiger partial charge in [0.1, 0.15) is 5.01 Å². The molecule has 1 rings (SSSR count). The van der Waals surface area contributed by atoms with E-state index in [4.69, 9.17) is 0 Å². The van der Waals surface area contributed by atoms with E-state index in [9.17, 15) is 0 Å². The maximum atomic E-state index is 4.35. The third kappa shape index (κ3) is 2.31. The van der Waals surface area contributed by atoms with Gasteiger partial charge in [-0.2, -0.15) is 11.8 Å². The molecule has 1 aromatic heterocycles. The van der Waals surface area contributed by atoms with E-state index in [1.807, 2.05) is 18.7 Å². The van der Waals surface area contributed by atoms with E-state index in [2.05, 4.69) is 17.3 Å². The van der Waals surface area contributed by atoms with E-state index < -0.39 is 0 Å². The largest absolute Gasteiger partial charge is 0.246 e. The van der Waals surface area contributed by atoms with E-state index in [-0.39, 0.29) is 0 Å². The summed E-state index contributed by atoms with van der Waals surface area (Å²) >= 11 is 3.68. The van der Waals surface area contributed by atoms with Crippen LogP contribution in [-0.2, 0) is 5.75 Å². The minimum absolute atomic E-state index is 1.08. The van der Waals surface area contributed by atoms with Gasteiger partial charge in [-0.3, -0.25) is 0 Å². The third-order valence-electron chi connectivity index (χ3n) is 1.10. The lowest BCUT2D eigenvalue weighted by Crippen LogP contribution is -1.78. The Morgan fingerprint density at radius 2 is 2.50 bits per heavy atom. The first kappa shape index (κ1) is 8.08. The first-order chi connectivity index (χ1) is 4.83. The number of hydrogen-bond donors (Lipinski definition) is 0. The molecule has 56 valence electrons. The van der Waals surface area contributed by atoms with Crippen LogP contribution in [0.3, 0.4) is 0 Å². The van der Waals surface area contributed by atoms with Gasteiger partial charge >= 0.3 is 0 Å². The summed E-state index contributed by atoms with van der Waals surface area (Å²) in [5, 5.41) is 3.36. The highest BCUT2D eigenvalue weighted by molar-refractivity contribution is 7.98. The van der Waals surface area contributed by atoms with E-state index >= 15 is 0 Å². The third-order valence-corrected chi connectivity index (χ3v) is 3.13. The summed E-state index contributed by atoms with van der Waals surface area (Å²) in [5.41, 5.74) is 1.15. The van der Waals surface area contributed by atoms with Gasteiger partial charge in [-0.05, 0) is 12.7 Å². The summed E-state index contributed by atoms with van der Waals surface area (Å²) in [6.45, 7) is 4.21. The Morgan fingerprint density at radius 3 is 3.00 bits per heavy atom. The average Bonchev–Trinajstić information content (AvgIpc) is 2.31. The SMILES string of the molecule is CCSCc1nc(C)cs1. The number of thiazole rings is 1. The zero-order valence-electron chi connectivity index (χ0n) is 6.26. The predicted molar refractivity (Wildman–Crippen MR) is 48.7 cm³/mol. The number of aryl methyl sites for hydroxylation is 1. The zero-order valence-corrected chi connectivity index (χ0v) is 7.89. The molecule has 10 heavy (non-hydrogen) atoms. The Kier molecular flexibility index (Phi) is 3.22. The monoisotopic (exact) mass is 173 g/mol. The van der Waals surface area contributed by atoms with Crippen molar-refractivity contribution in [1.29, 1.82) is 0 Å². The van der Waals surface area contributed by atoms with Gasteiger partial charge in [0.2, 0.25) is 0 Å². The molecule has 1 nitrogen and oxygen atoms in total. The lowest BCUT2D eigenvalue weighted by atomic mass is 10.6. The molecule has 0 spiro atoms. The predicted octanol–water partition coefficient (Wildman–Crippen LogP) is 2.70. The number of hydrogen-bond acceptors (Lipinski definition) is 3. The molecule has 0 saturated carbocycles. The molecule has 3 heteroatoms. The molecule has 1 heterocycles. The maximum Gasteiger partial charge on any atom is 0.103 e. The summed E-state index contributed by atoms with van der Waals surface area (Å²) < 4.78 is 0. The molecule has 0 unspecified atom stereocenters. The molecule has 0 aromatic carbocycles. The van der Waals surface area contributed by atoms with Crippen LogP contribution in [0.1, 0.15) is 17.6 Å². The van der Waals surface area contributed by atoms with Crippen molar-refractivity contribution < 1.29 is 0 Å². The van der Waals surface area contributed by atoms with E-state index in [1.54, 1.807) is 11.3 Å². The fourth-order valence-corrected chi connectivity index (χ4v) is 2.18. The average molecular weight is 173 g/mol. The summed E-state index contributed by atoms with van der Waals surface area (Å²) in [7, 11) is 0. The van der Waals surface area contributed by atoms with Crippen LogP contribution in [0.2, 0.25) is 0 Å². The van der Waals surface area contributed by atoms with Crippen LogP contribution in [0.4, 0.5) is 0 Å². The first-order valence-corrected chi connectivity index (χ1v) is 5.35. The molecule has 0 N–H and O–H groups in total. The Bertz CT molecular complexity index is 195. The Balaban J connectivity index is 2.42. The minimum Gasteiger partial charge on any atom is -0.246 e. The Morgan fingerprint density at radius 1 is 1.70 bits per heavy atom. The normalized spacial score (nSPS) is 10.2. The van der Waals surface area contributed by atoms with Crippen molar-refractivity contribution in [3.05, 3.63) is 16.1 Å². The highest BCUT2D eigenvalue weighted by atomic mass is 32.2. The molecule has 0 amide bonds. The van der Waals surface area contributed by atoms with Gasteiger partial charge in [0, 0.05) is 16.8 Å². The lowest BCUT2D eigenvalue weighted by Gasteiger charge is -1.90. The first-order valence-electron chi connectivity index (χ1n) is 3.31. The van der Waals surface area contributed by atoms with Crippen molar-refractivity contribution in [1.82, 2.24) is 4.98 Å². The van der Waals surface area contributed by atoms with Crippen LogP contribution in [-0.4, -0.2) is 10.7 Å². The number of aromatic nitrogens is 1. The van der Waals surface area contributed by atoms with Crippen molar-refractivity contribution in [3.8, 4) is 0 Å². The molecule has 0 aliphatic heterocycles. The van der Waals surface area contributed by atoms with Gasteiger partial charge in [-0.15, -0.1) is 11.3 Å². The van der Waals surface area contributed by atoms with Crippen molar-refractivity contribution >= 4 is 23.1 Å². The van der Waals surface area contributed by atoms with Crippen molar-refractivity contribution in [2.45, 2.75) is 19.6 Å². The highest BCUT2D eigenvalue weighted by Gasteiger charge is 1.95. The van der Waals surface area contributed by atoms with Crippen LogP contribution in [0.15, 0.2) is 5.38 Å². The second kappa shape index (κ2) is 3.98. The summed E-state index contributed by atoms with van der Waals surface area (Å²) in [6, 6.07) is 0. The molecule has 0 aliphatic rings. The molecule has 0 radical (unpaired) electrons. The molecule has 0 saturated heterocycles. The van der Waals surface area contributed by atoms with E-state index in [0.29, 0.717) is 0 Å². The summed E-state index contributed by atoms with van der Waals surface area (Å²) in [5.74, 6) is 2.26. The fraction of sp³-hybridized carbons (Fsp3) is 0.571. The van der Waals surface area contributed by atoms with Gasteiger partial charge in [0.05, 0.1) is 0 Å². The van der Waals surface area contributed by atoms with Crippen molar-refractivity contribution in [3.63, 3.8) is 0 Å². The van der Waals surface area contributed by atoms with Crippen LogP contribution < -0.4 is 0 Å². The Labute approximate surface area is 69.9 Å². The smallest absolute Gasteiger partial charge is 0.103 e. The quantitative estimate of drug-likeness (QED) is 0.697. The lowest BCUT2D eigenvalue weighted by molar-refractivity contribution is 1.18. The van der Waals surface area contributed by atoms with Crippen LogP contribution >= 0.6 is 23.1 Å². The molecule has 0 bridgehead atoms. The standard InChI is InChI=1S/C7H11NS2/c1-3-9-5-7-8-6(2)4-10-7/h4H,3,5H2,1-2H3. The second-order valence-electron chi connectivity index (χ2n) is 2.02. The molecule has 0 atom stereocenters. The van der Waals surface area contributed by atoms with Gasteiger partial charge in [0.25, 0.3) is 0 Å². The number of nitrogens with zero attached hydrogens (tertiary/aromatic N) is 1. The van der Waals surface area contributed by atoms with Crippen LogP contribution in [0, 0.1) is 6.92 Å². The van der Waals surface area contributed by atoms with Crippen LogP contribution in [0.5, 0.6) is 0 Å². The number of rotatable bonds is 3. The molecule has 0 fully saturated rings. The topological polar surface area (TPSA) is 12.9 Å². The molecule has 0 aliphatic carbocycles. The molecule has 1 aromatic rings. The van der Waals surface area contributed by atoms with Gasteiger partial charge < -0.3 is 0 Å². The van der Waals surface area contributed by atoms with E-state index in [1.165, 1.54) is 10.8 Å². The van der Waals surface area contributed by atoms with Gasteiger partial charge in [-0.1, -0.05) is 6.92 Å². The number of thioether (sulfide) groups is 1. The zero-order chi connectivity index (χ0) is 7.40. The second-order valence-corrected chi connectivity index (χ2v) is 4.24. The van der Waals surface area contributed by atoms with E-state index in [0.717, 1.165) is 11.4 Å². The fourth-order valence-electron chi connectivity index (χ4n) is 0.658. The van der Waals surface area contributed by atoms with Gasteiger partial charge in [0.15, 0.2) is 0 Å². The summed E-state index contributed by atoms with van der Waals surface area (Å²) in [6.07, 6.45) is 0. The maximum absolute atomic E-state index is 4.35.